The molecule has 1 fully saturated rings. The predicted molar refractivity (Wildman–Crippen MR) is 145 cm³/mol. The third kappa shape index (κ3) is 6.12. The summed E-state index contributed by atoms with van der Waals surface area (Å²) in [7, 11) is 1.97. The van der Waals surface area contributed by atoms with Crippen LogP contribution in [-0.2, 0) is 19.1 Å². The molecule has 0 bridgehead atoms. The topological polar surface area (TPSA) is 67.4 Å². The zero-order chi connectivity index (χ0) is 29.3. The summed E-state index contributed by atoms with van der Waals surface area (Å²) in [4.78, 5) is 21.9. The van der Waals surface area contributed by atoms with E-state index in [1.54, 1.807) is 0 Å². The molecule has 2 aromatic heterocycles. The maximum Gasteiger partial charge on any atom is 0.416 e. The fourth-order valence-corrected chi connectivity index (χ4v) is 5.01. The second kappa shape index (κ2) is 11.6. The van der Waals surface area contributed by atoms with E-state index in [1.807, 2.05) is 11.9 Å². The Labute approximate surface area is 233 Å². The van der Waals surface area contributed by atoms with Crippen molar-refractivity contribution in [1.29, 1.82) is 0 Å². The molecule has 0 amide bonds. The van der Waals surface area contributed by atoms with E-state index in [2.05, 4.69) is 22.0 Å². The zero-order valence-electron chi connectivity index (χ0n) is 22.8. The van der Waals surface area contributed by atoms with Gasteiger partial charge in [0.25, 0.3) is 0 Å². The smallest absolute Gasteiger partial charge is 0.367 e. The van der Waals surface area contributed by atoms with Gasteiger partial charge in [0.2, 0.25) is 17.1 Å². The van der Waals surface area contributed by atoms with Gasteiger partial charge in [-0.25, -0.2) is 8.78 Å². The molecule has 0 N–H and O–H groups in total. The van der Waals surface area contributed by atoms with Crippen molar-refractivity contribution in [2.45, 2.75) is 45.3 Å². The van der Waals surface area contributed by atoms with Crippen LogP contribution in [0.3, 0.4) is 0 Å². The van der Waals surface area contributed by atoms with Crippen LogP contribution < -0.4 is 10.3 Å². The number of hydrogen-bond donors (Lipinski definition) is 0. The number of piperazine rings is 1. The lowest BCUT2D eigenvalue weighted by atomic mass is 10.1. The van der Waals surface area contributed by atoms with Gasteiger partial charge in [-0.05, 0) is 37.7 Å². The highest BCUT2D eigenvalue weighted by molar-refractivity contribution is 5.86. The Balaban J connectivity index is 1.62. The monoisotopic (exact) mass is 575 g/mol. The van der Waals surface area contributed by atoms with E-state index < -0.39 is 28.8 Å². The summed E-state index contributed by atoms with van der Waals surface area (Å²) < 4.78 is 76.6. The molecular formula is C29H30F5N5O2. The molecular weight excluding hydrogens is 545 g/mol. The lowest BCUT2D eigenvalue weighted by molar-refractivity contribution is -0.137. The predicted octanol–water partition coefficient (Wildman–Crippen LogP) is 5.88. The molecule has 41 heavy (non-hydrogen) atoms. The van der Waals surface area contributed by atoms with E-state index in [0.717, 1.165) is 50.6 Å². The second-order valence-electron chi connectivity index (χ2n) is 10.4. The Kier molecular flexibility index (Phi) is 8.12. The van der Waals surface area contributed by atoms with Crippen LogP contribution in [0.1, 0.15) is 43.2 Å². The summed E-state index contributed by atoms with van der Waals surface area (Å²) in [5.41, 5.74) is -1.06. The number of likely N-dealkylation sites (N-methyl/N-ethyl adjacent to an activating group) is 1. The summed E-state index contributed by atoms with van der Waals surface area (Å²) in [5.74, 6) is -1.28. The van der Waals surface area contributed by atoms with Gasteiger partial charge in [-0.2, -0.15) is 18.2 Å². The van der Waals surface area contributed by atoms with Crippen molar-refractivity contribution in [2.75, 3.05) is 38.1 Å². The molecule has 12 heteroatoms. The lowest BCUT2D eigenvalue weighted by Crippen LogP contribution is -2.44. The van der Waals surface area contributed by atoms with Crippen molar-refractivity contribution in [3.63, 3.8) is 0 Å². The highest BCUT2D eigenvalue weighted by atomic mass is 19.4. The lowest BCUT2D eigenvalue weighted by Gasteiger charge is -2.34. The number of fused-ring (bicyclic) bond motifs is 1. The van der Waals surface area contributed by atoms with Gasteiger partial charge in [0.15, 0.2) is 0 Å². The Hall–Kier alpha value is -3.80. The third-order valence-electron chi connectivity index (χ3n) is 7.42. The summed E-state index contributed by atoms with van der Waals surface area (Å²) in [6.45, 7) is 4.42. The number of alkyl halides is 3. The number of pyridine rings is 1. The van der Waals surface area contributed by atoms with Crippen LogP contribution in [-0.4, -0.2) is 52.8 Å². The van der Waals surface area contributed by atoms with Crippen LogP contribution in [0, 0.1) is 11.6 Å². The van der Waals surface area contributed by atoms with Crippen molar-refractivity contribution >= 4 is 16.6 Å². The number of anilines is 1. The number of aryl methyl sites for hydroxylation is 1. The van der Waals surface area contributed by atoms with E-state index in [4.69, 9.17) is 4.52 Å². The van der Waals surface area contributed by atoms with Crippen molar-refractivity contribution in [3.05, 3.63) is 75.4 Å². The summed E-state index contributed by atoms with van der Waals surface area (Å²) >= 11 is 0. The van der Waals surface area contributed by atoms with Crippen molar-refractivity contribution in [3.8, 4) is 11.4 Å². The van der Waals surface area contributed by atoms with Gasteiger partial charge in [-0.1, -0.05) is 31.0 Å². The van der Waals surface area contributed by atoms with Crippen LogP contribution in [0.25, 0.3) is 22.3 Å². The summed E-state index contributed by atoms with van der Waals surface area (Å²) in [5, 5.41) is 3.97. The molecule has 3 heterocycles. The van der Waals surface area contributed by atoms with Crippen molar-refractivity contribution in [1.82, 2.24) is 19.6 Å². The number of hydrogen-bond acceptors (Lipinski definition) is 6. The first-order chi connectivity index (χ1) is 19.5. The Bertz CT molecular complexity index is 1610. The van der Waals surface area contributed by atoms with Gasteiger partial charge in [0, 0.05) is 49.7 Å². The maximum atomic E-state index is 15.5. The van der Waals surface area contributed by atoms with Crippen LogP contribution >= 0.6 is 0 Å². The first-order valence-electron chi connectivity index (χ1n) is 13.5. The minimum absolute atomic E-state index is 0.00796. The minimum atomic E-state index is -4.70. The molecule has 7 nitrogen and oxygen atoms in total. The molecule has 1 saturated heterocycles. The Morgan fingerprint density at radius 2 is 1.76 bits per heavy atom. The second-order valence-corrected chi connectivity index (χ2v) is 10.4. The highest BCUT2D eigenvalue weighted by Crippen LogP contribution is 2.32. The molecule has 0 saturated carbocycles. The molecule has 0 atom stereocenters. The fraction of sp³-hybridized carbons (Fsp3) is 0.414. The quantitative estimate of drug-likeness (QED) is 0.193. The Morgan fingerprint density at radius 3 is 2.44 bits per heavy atom. The molecule has 5 rings (SSSR count). The molecule has 0 spiro atoms. The average molecular weight is 576 g/mol. The van der Waals surface area contributed by atoms with Gasteiger partial charge in [0.05, 0.1) is 28.9 Å². The SMILES string of the molecule is CCCCCc1nc(-c2cn(Cc3ccc(C(F)(F)F)cc3F)c3cc(N4CCN(C)CC4)c(F)cc3c2=O)no1. The van der Waals surface area contributed by atoms with Gasteiger partial charge in [-0.3, -0.25) is 4.79 Å². The zero-order valence-corrected chi connectivity index (χ0v) is 22.8. The number of nitrogens with zero attached hydrogens (tertiary/aromatic N) is 5. The van der Waals surface area contributed by atoms with Gasteiger partial charge < -0.3 is 18.9 Å². The largest absolute Gasteiger partial charge is 0.416 e. The van der Waals surface area contributed by atoms with E-state index in [1.165, 1.54) is 16.8 Å². The first kappa shape index (κ1) is 28.7. The number of halogens is 5. The first-order valence-corrected chi connectivity index (χ1v) is 13.5. The summed E-state index contributed by atoms with van der Waals surface area (Å²) in [6, 6.07) is 5.00. The minimum Gasteiger partial charge on any atom is -0.367 e. The molecule has 4 aromatic rings. The standard InChI is InChI=1S/C29H30F5N5O2/c1-3-4-5-6-26-35-28(36-41-26)21-17-39(16-18-7-8-19(13-22(18)30)29(32,33)34)24-15-25(23(31)14-20(24)27(21)40)38-11-9-37(2)10-12-38/h7-8,13-15,17H,3-6,9-12,16H2,1-2H3. The average Bonchev–Trinajstić information content (AvgIpc) is 3.40. The van der Waals surface area contributed by atoms with E-state index in [9.17, 15) is 22.4 Å². The van der Waals surface area contributed by atoms with E-state index in [0.29, 0.717) is 37.0 Å². The van der Waals surface area contributed by atoms with Gasteiger partial charge in [0.1, 0.15) is 11.6 Å². The number of unbranched alkanes of at least 4 members (excludes halogenated alkanes) is 2. The molecule has 0 radical (unpaired) electrons. The van der Waals surface area contributed by atoms with Crippen LogP contribution in [0.4, 0.5) is 27.6 Å². The molecule has 2 aromatic carbocycles. The number of rotatable bonds is 8. The van der Waals surface area contributed by atoms with E-state index >= 15 is 4.39 Å². The maximum absolute atomic E-state index is 15.5. The molecule has 1 aliphatic rings. The van der Waals surface area contributed by atoms with Crippen LogP contribution in [0.15, 0.2) is 45.8 Å². The fourth-order valence-electron chi connectivity index (χ4n) is 5.01. The van der Waals surface area contributed by atoms with Crippen LogP contribution in [0.2, 0.25) is 0 Å². The van der Waals surface area contributed by atoms with Crippen molar-refractivity contribution < 1.29 is 26.5 Å². The Morgan fingerprint density at radius 1 is 1.00 bits per heavy atom. The molecule has 0 aliphatic carbocycles. The summed E-state index contributed by atoms with van der Waals surface area (Å²) in [6.07, 6.45) is 0.0513. The van der Waals surface area contributed by atoms with Crippen molar-refractivity contribution in [2.24, 2.45) is 0 Å². The molecule has 218 valence electrons. The normalized spacial score (nSPS) is 14.8. The molecule has 0 unspecified atom stereocenters. The van der Waals surface area contributed by atoms with E-state index in [-0.39, 0.29) is 34.6 Å². The number of benzene rings is 2. The van der Waals surface area contributed by atoms with Gasteiger partial charge in [-0.15, -0.1) is 0 Å². The number of aromatic nitrogens is 3. The molecule has 1 aliphatic heterocycles. The van der Waals surface area contributed by atoms with Crippen LogP contribution in [0.5, 0.6) is 0 Å². The van der Waals surface area contributed by atoms with Gasteiger partial charge >= 0.3 is 6.18 Å². The highest BCUT2D eigenvalue weighted by Gasteiger charge is 2.31. The third-order valence-corrected chi connectivity index (χ3v) is 7.42.